The van der Waals surface area contributed by atoms with Gasteiger partial charge in [0.1, 0.15) is 5.69 Å². The fourth-order valence-electron chi connectivity index (χ4n) is 2.79. The molecule has 5 heteroatoms. The smallest absolute Gasteiger partial charge is 0.288 e. The molecule has 5 nitrogen and oxygen atoms in total. The maximum Gasteiger partial charge on any atom is 0.288 e. The van der Waals surface area contributed by atoms with Crippen LogP contribution in [0.2, 0.25) is 0 Å². The van der Waals surface area contributed by atoms with Gasteiger partial charge in [0.15, 0.2) is 0 Å². The quantitative estimate of drug-likeness (QED) is 0.435. The van der Waals surface area contributed by atoms with Gasteiger partial charge in [-0.1, -0.05) is 48.5 Å². The number of fused-ring (bicyclic) bond motifs is 1. The van der Waals surface area contributed by atoms with Crippen LogP contribution in [-0.4, -0.2) is 17.1 Å². The lowest BCUT2D eigenvalue weighted by Gasteiger charge is -2.04. The fourth-order valence-corrected chi connectivity index (χ4v) is 2.79. The average molecular weight is 329 g/mol. The second-order valence-electron chi connectivity index (χ2n) is 5.54. The molecule has 0 saturated heterocycles. The Morgan fingerprint density at radius 3 is 2.64 bits per heavy atom. The molecule has 4 aromatic rings. The first kappa shape index (κ1) is 15.0. The van der Waals surface area contributed by atoms with Crippen molar-refractivity contribution in [1.29, 1.82) is 0 Å². The molecule has 0 fully saturated rings. The van der Waals surface area contributed by atoms with Crippen molar-refractivity contribution in [1.82, 2.24) is 10.4 Å². The van der Waals surface area contributed by atoms with Crippen molar-refractivity contribution in [2.24, 2.45) is 5.10 Å². The monoisotopic (exact) mass is 329 g/mol. The van der Waals surface area contributed by atoms with E-state index >= 15 is 0 Å². The molecular formula is C20H15N3O2. The third-order valence-corrected chi connectivity index (χ3v) is 3.92. The first-order valence-corrected chi connectivity index (χ1v) is 7.84. The van der Waals surface area contributed by atoms with Gasteiger partial charge in [-0.3, -0.25) is 4.79 Å². The molecule has 1 amide bonds. The molecule has 4 rings (SSSR count). The van der Waals surface area contributed by atoms with E-state index in [1.54, 1.807) is 18.6 Å². The first-order valence-electron chi connectivity index (χ1n) is 7.84. The lowest BCUT2D eigenvalue weighted by atomic mass is 10.0. The molecule has 0 bridgehead atoms. The van der Waals surface area contributed by atoms with Gasteiger partial charge in [-0.15, -0.1) is 0 Å². The van der Waals surface area contributed by atoms with Gasteiger partial charge in [-0.05, 0) is 17.7 Å². The van der Waals surface area contributed by atoms with E-state index in [-0.39, 0.29) is 5.91 Å². The average Bonchev–Trinajstić information content (AvgIpc) is 3.30. The number of carbonyl (C=O) groups excluding carboxylic acids is 1. The minimum atomic E-state index is -0.296. The minimum Gasteiger partial charge on any atom is -0.472 e. The number of nitrogens with one attached hydrogen (secondary N) is 2. The van der Waals surface area contributed by atoms with Crippen molar-refractivity contribution in [3.63, 3.8) is 0 Å². The predicted octanol–water partition coefficient (Wildman–Crippen LogP) is 4.19. The molecule has 0 radical (unpaired) electrons. The molecule has 0 aliphatic carbocycles. The Kier molecular flexibility index (Phi) is 3.88. The molecular weight excluding hydrogens is 314 g/mol. The topological polar surface area (TPSA) is 70.4 Å². The van der Waals surface area contributed by atoms with Gasteiger partial charge in [0.2, 0.25) is 0 Å². The number of furan rings is 1. The highest BCUT2D eigenvalue weighted by molar-refractivity contribution is 6.09. The largest absolute Gasteiger partial charge is 0.472 e. The second kappa shape index (κ2) is 6.49. The Morgan fingerprint density at radius 1 is 1.04 bits per heavy atom. The number of aromatic amines is 1. The molecule has 0 aliphatic heterocycles. The molecule has 2 aromatic heterocycles. The highest BCUT2D eigenvalue weighted by Crippen LogP contribution is 2.32. The van der Waals surface area contributed by atoms with Crippen LogP contribution in [-0.2, 0) is 0 Å². The predicted molar refractivity (Wildman–Crippen MR) is 97.5 cm³/mol. The normalized spacial score (nSPS) is 11.2. The van der Waals surface area contributed by atoms with E-state index in [9.17, 15) is 4.79 Å². The van der Waals surface area contributed by atoms with E-state index in [0.29, 0.717) is 5.69 Å². The SMILES string of the molecule is O=C(NN=Cc1ccoc1)c1[nH]c2ccccc2c1-c1ccccc1. The molecule has 0 aliphatic rings. The summed E-state index contributed by atoms with van der Waals surface area (Å²) in [5.74, 6) is -0.296. The van der Waals surface area contributed by atoms with Crippen molar-refractivity contribution in [3.05, 3.63) is 84.4 Å². The van der Waals surface area contributed by atoms with Crippen molar-refractivity contribution < 1.29 is 9.21 Å². The lowest BCUT2D eigenvalue weighted by molar-refractivity contribution is 0.0951. The Labute approximate surface area is 144 Å². The van der Waals surface area contributed by atoms with Crippen molar-refractivity contribution in [3.8, 4) is 11.1 Å². The number of aromatic nitrogens is 1. The fraction of sp³-hybridized carbons (Fsp3) is 0. The number of benzene rings is 2. The van der Waals surface area contributed by atoms with E-state index in [2.05, 4.69) is 15.5 Å². The molecule has 2 N–H and O–H groups in total. The van der Waals surface area contributed by atoms with Gasteiger partial charge in [-0.2, -0.15) is 5.10 Å². The third-order valence-electron chi connectivity index (χ3n) is 3.92. The number of H-pyrrole nitrogens is 1. The zero-order valence-electron chi connectivity index (χ0n) is 13.3. The molecule has 2 aromatic carbocycles. The van der Waals surface area contributed by atoms with Crippen LogP contribution in [0.25, 0.3) is 22.0 Å². The maximum atomic E-state index is 12.7. The lowest BCUT2D eigenvalue weighted by Crippen LogP contribution is -2.18. The summed E-state index contributed by atoms with van der Waals surface area (Å²) in [5, 5.41) is 4.99. The maximum absolute atomic E-state index is 12.7. The number of amides is 1. The van der Waals surface area contributed by atoms with Crippen LogP contribution < -0.4 is 5.43 Å². The van der Waals surface area contributed by atoms with Crippen LogP contribution in [0.5, 0.6) is 0 Å². The number of rotatable bonds is 4. The Morgan fingerprint density at radius 2 is 1.84 bits per heavy atom. The summed E-state index contributed by atoms with van der Waals surface area (Å²) in [4.78, 5) is 15.9. The minimum absolute atomic E-state index is 0.296. The van der Waals surface area contributed by atoms with E-state index in [1.807, 2.05) is 54.6 Å². The molecule has 0 saturated carbocycles. The number of nitrogens with zero attached hydrogens (tertiary/aromatic N) is 1. The number of carbonyl (C=O) groups is 1. The summed E-state index contributed by atoms with van der Waals surface area (Å²) in [6.07, 6.45) is 4.63. The standard InChI is InChI=1S/C20H15N3O2/c24-20(23-21-12-14-10-11-25-13-14)19-18(15-6-2-1-3-7-15)16-8-4-5-9-17(16)22-19/h1-13,22H,(H,23,24). The molecule has 25 heavy (non-hydrogen) atoms. The molecule has 0 atom stereocenters. The molecule has 122 valence electrons. The van der Waals surface area contributed by atoms with Gasteiger partial charge in [0, 0.05) is 22.0 Å². The van der Waals surface area contributed by atoms with E-state index < -0.39 is 0 Å². The van der Waals surface area contributed by atoms with Crippen molar-refractivity contribution in [2.75, 3.05) is 0 Å². The van der Waals surface area contributed by atoms with E-state index in [1.165, 1.54) is 6.21 Å². The van der Waals surface area contributed by atoms with E-state index in [0.717, 1.165) is 27.6 Å². The summed E-state index contributed by atoms with van der Waals surface area (Å²) >= 11 is 0. The summed E-state index contributed by atoms with van der Waals surface area (Å²) in [6, 6.07) is 19.4. The van der Waals surface area contributed by atoms with Gasteiger partial charge < -0.3 is 9.40 Å². The van der Waals surface area contributed by atoms with Gasteiger partial charge in [0.05, 0.1) is 18.7 Å². The Balaban J connectivity index is 1.72. The zero-order valence-corrected chi connectivity index (χ0v) is 13.3. The number of hydrogen-bond acceptors (Lipinski definition) is 3. The number of para-hydroxylation sites is 1. The molecule has 0 spiro atoms. The van der Waals surface area contributed by atoms with Crippen LogP contribution >= 0.6 is 0 Å². The van der Waals surface area contributed by atoms with Crippen LogP contribution in [0.4, 0.5) is 0 Å². The van der Waals surface area contributed by atoms with Gasteiger partial charge in [-0.25, -0.2) is 5.43 Å². The number of hydrogen-bond donors (Lipinski definition) is 2. The van der Waals surface area contributed by atoms with Crippen LogP contribution in [0.1, 0.15) is 16.1 Å². The summed E-state index contributed by atoms with van der Waals surface area (Å²) in [6.45, 7) is 0. The van der Waals surface area contributed by atoms with Crippen LogP contribution in [0, 0.1) is 0 Å². The summed E-state index contributed by atoms with van der Waals surface area (Å²) in [7, 11) is 0. The van der Waals surface area contributed by atoms with Gasteiger partial charge in [0.25, 0.3) is 5.91 Å². The van der Waals surface area contributed by atoms with Gasteiger partial charge >= 0.3 is 0 Å². The molecule has 2 heterocycles. The highest BCUT2D eigenvalue weighted by Gasteiger charge is 2.18. The van der Waals surface area contributed by atoms with Crippen molar-refractivity contribution in [2.45, 2.75) is 0 Å². The highest BCUT2D eigenvalue weighted by atomic mass is 16.3. The first-order chi connectivity index (χ1) is 12.3. The Bertz CT molecular complexity index is 1030. The summed E-state index contributed by atoms with van der Waals surface area (Å²) < 4.78 is 4.96. The Hall–Kier alpha value is -3.60. The van der Waals surface area contributed by atoms with Crippen LogP contribution in [0.15, 0.2) is 82.7 Å². The zero-order chi connectivity index (χ0) is 17.1. The third kappa shape index (κ3) is 2.95. The second-order valence-corrected chi connectivity index (χ2v) is 5.54. The van der Waals surface area contributed by atoms with Crippen molar-refractivity contribution >= 4 is 23.0 Å². The van der Waals surface area contributed by atoms with E-state index in [4.69, 9.17) is 4.42 Å². The summed E-state index contributed by atoms with van der Waals surface area (Å²) in [5.41, 5.74) is 6.58. The molecule has 0 unspecified atom stereocenters. The number of hydrazone groups is 1. The van der Waals surface area contributed by atoms with Crippen LogP contribution in [0.3, 0.4) is 0 Å².